The summed E-state index contributed by atoms with van der Waals surface area (Å²) in [5, 5.41) is 6.48. The number of carbonyl (C=O) groups is 1. The van der Waals surface area contributed by atoms with Crippen LogP contribution in [0, 0.1) is 18.6 Å². The third-order valence-electron chi connectivity index (χ3n) is 6.95. The highest BCUT2D eigenvalue weighted by molar-refractivity contribution is 6.04. The van der Waals surface area contributed by atoms with Gasteiger partial charge in [0.05, 0.1) is 31.0 Å². The van der Waals surface area contributed by atoms with Crippen LogP contribution in [0.4, 0.5) is 14.5 Å². The lowest BCUT2D eigenvalue weighted by Gasteiger charge is -2.22. The molecule has 1 atom stereocenters. The number of morpholine rings is 1. The predicted molar refractivity (Wildman–Crippen MR) is 133 cm³/mol. The second kappa shape index (κ2) is 8.93. The molecule has 9 nitrogen and oxygen atoms in total. The monoisotopic (exact) mass is 509 g/mol. The van der Waals surface area contributed by atoms with Crippen molar-refractivity contribution in [3.05, 3.63) is 57.7 Å². The van der Waals surface area contributed by atoms with Crippen molar-refractivity contribution in [2.24, 2.45) is 0 Å². The van der Waals surface area contributed by atoms with Crippen molar-refractivity contribution >= 4 is 33.6 Å². The number of amides is 1. The molecule has 37 heavy (non-hydrogen) atoms. The number of ether oxygens (including phenoxy) is 1. The number of anilines is 1. The molecule has 0 radical (unpaired) electrons. The minimum atomic E-state index is -0.720. The van der Waals surface area contributed by atoms with Gasteiger partial charge in [-0.2, -0.15) is 0 Å². The van der Waals surface area contributed by atoms with E-state index in [1.165, 1.54) is 0 Å². The van der Waals surface area contributed by atoms with Crippen LogP contribution >= 0.6 is 0 Å². The Morgan fingerprint density at radius 3 is 2.78 bits per heavy atom. The molecule has 1 saturated heterocycles. The molecule has 0 bridgehead atoms. The second-order valence-electron chi connectivity index (χ2n) is 9.48. The van der Waals surface area contributed by atoms with Crippen LogP contribution in [0.1, 0.15) is 30.3 Å². The number of fused-ring (bicyclic) bond motifs is 3. The number of hydrogen-bond donors (Lipinski definition) is 3. The molecule has 1 saturated carbocycles. The van der Waals surface area contributed by atoms with Crippen molar-refractivity contribution in [3.63, 3.8) is 0 Å². The Kier molecular flexibility index (Phi) is 5.68. The number of hydrogen-bond acceptors (Lipinski definition) is 7. The average Bonchev–Trinajstić information content (AvgIpc) is 3.63. The summed E-state index contributed by atoms with van der Waals surface area (Å²) in [5.41, 5.74) is 7.09. The quantitative estimate of drug-likeness (QED) is 0.354. The van der Waals surface area contributed by atoms with Crippen LogP contribution in [-0.4, -0.2) is 41.3 Å². The first-order valence-corrected chi connectivity index (χ1v) is 12.1. The largest absolute Gasteiger partial charge is 0.438 e. The van der Waals surface area contributed by atoms with Crippen molar-refractivity contribution in [2.45, 2.75) is 38.4 Å². The summed E-state index contributed by atoms with van der Waals surface area (Å²) in [6.07, 6.45) is 1.65. The first-order valence-electron chi connectivity index (χ1n) is 12.1. The maximum Gasteiger partial charge on any atom is 0.281 e. The number of oxazole rings is 1. The Bertz CT molecular complexity index is 1620. The zero-order valence-electron chi connectivity index (χ0n) is 20.1. The van der Waals surface area contributed by atoms with E-state index in [9.17, 15) is 18.4 Å². The first-order chi connectivity index (χ1) is 17.8. The number of pyridine rings is 1. The second-order valence-corrected chi connectivity index (χ2v) is 9.48. The highest BCUT2D eigenvalue weighted by Crippen LogP contribution is 2.41. The molecule has 2 aromatic carbocycles. The van der Waals surface area contributed by atoms with Crippen LogP contribution in [0.25, 0.3) is 33.1 Å². The van der Waals surface area contributed by atoms with Gasteiger partial charge in [0.15, 0.2) is 11.1 Å². The van der Waals surface area contributed by atoms with Gasteiger partial charge < -0.3 is 30.1 Å². The van der Waals surface area contributed by atoms with Gasteiger partial charge in [-0.3, -0.25) is 9.59 Å². The number of nitrogens with one attached hydrogen (secondary N) is 2. The molecule has 4 aromatic rings. The molecule has 2 fully saturated rings. The van der Waals surface area contributed by atoms with Crippen LogP contribution in [0.2, 0.25) is 0 Å². The smallest absolute Gasteiger partial charge is 0.281 e. The van der Waals surface area contributed by atoms with Crippen LogP contribution in [0.3, 0.4) is 0 Å². The average molecular weight is 510 g/mol. The summed E-state index contributed by atoms with van der Waals surface area (Å²) < 4.78 is 42.0. The van der Waals surface area contributed by atoms with Gasteiger partial charge in [0.2, 0.25) is 11.8 Å². The number of benzene rings is 2. The van der Waals surface area contributed by atoms with Gasteiger partial charge in [0, 0.05) is 29.6 Å². The van der Waals surface area contributed by atoms with Gasteiger partial charge in [0.1, 0.15) is 17.7 Å². The van der Waals surface area contributed by atoms with E-state index in [2.05, 4.69) is 15.6 Å². The number of nitrogen functional groups attached to an aromatic ring is 1. The standard InChI is InChI=1S/C26H25F2N5O4/c1-12-14(16-8-18(28)19(29)9-17(16)27)4-5-15-23(12)33(13-2-3-13)26(35)22-24(15)37-21(32-22)10-31-25(34)20-11-36-7-6-30-20/h4-5,8-9,13,20,30H,2-3,6-7,10-11,29H2,1H3,(H,31,34)/t20-/m0/s1. The van der Waals surface area contributed by atoms with Crippen molar-refractivity contribution in [2.75, 3.05) is 25.5 Å². The lowest BCUT2D eigenvalue weighted by Crippen LogP contribution is -2.51. The lowest BCUT2D eigenvalue weighted by molar-refractivity contribution is -0.126. The van der Waals surface area contributed by atoms with Gasteiger partial charge in [0.25, 0.3) is 5.56 Å². The molecule has 2 aromatic heterocycles. The molecular weight excluding hydrogens is 484 g/mol. The summed E-state index contributed by atoms with van der Waals surface area (Å²) in [7, 11) is 0. The van der Waals surface area contributed by atoms with Crippen molar-refractivity contribution in [1.82, 2.24) is 20.2 Å². The lowest BCUT2D eigenvalue weighted by atomic mass is 9.96. The fourth-order valence-electron chi connectivity index (χ4n) is 4.94. The van der Waals surface area contributed by atoms with Crippen molar-refractivity contribution in [3.8, 4) is 11.1 Å². The molecule has 1 aliphatic heterocycles. The Balaban J connectivity index is 1.45. The SMILES string of the molecule is Cc1c(-c2cc(F)c(N)cc2F)ccc2c3oc(CNC(=O)[C@@H]4COCCN4)nc3c(=O)n(C3CC3)c12. The Morgan fingerprint density at radius 1 is 1.24 bits per heavy atom. The number of aromatic nitrogens is 2. The number of halogens is 2. The zero-order valence-corrected chi connectivity index (χ0v) is 20.1. The fourth-order valence-corrected chi connectivity index (χ4v) is 4.94. The highest BCUT2D eigenvalue weighted by Gasteiger charge is 2.31. The van der Waals surface area contributed by atoms with E-state index in [1.54, 1.807) is 23.6 Å². The number of nitrogens with zero attached hydrogens (tertiary/aromatic N) is 2. The van der Waals surface area contributed by atoms with Crippen molar-refractivity contribution < 1.29 is 22.7 Å². The van der Waals surface area contributed by atoms with E-state index < -0.39 is 17.7 Å². The maximum absolute atomic E-state index is 14.8. The summed E-state index contributed by atoms with van der Waals surface area (Å²) in [6.45, 7) is 3.18. The van der Waals surface area contributed by atoms with E-state index >= 15 is 0 Å². The van der Waals surface area contributed by atoms with Gasteiger partial charge >= 0.3 is 0 Å². The van der Waals surface area contributed by atoms with Crippen LogP contribution in [0.15, 0.2) is 33.5 Å². The maximum atomic E-state index is 14.8. The van der Waals surface area contributed by atoms with Gasteiger partial charge in [-0.15, -0.1) is 0 Å². The molecule has 192 valence electrons. The predicted octanol–water partition coefficient (Wildman–Crippen LogP) is 2.92. The van der Waals surface area contributed by atoms with Gasteiger partial charge in [-0.05, 0) is 43.0 Å². The minimum Gasteiger partial charge on any atom is -0.438 e. The van der Waals surface area contributed by atoms with Crippen LogP contribution in [0.5, 0.6) is 0 Å². The fraction of sp³-hybridized carbons (Fsp3) is 0.346. The number of aryl methyl sites for hydroxylation is 1. The van der Waals surface area contributed by atoms with Crippen LogP contribution in [-0.2, 0) is 16.1 Å². The summed E-state index contributed by atoms with van der Waals surface area (Å²) in [4.78, 5) is 30.4. The molecule has 0 unspecified atom stereocenters. The Morgan fingerprint density at radius 2 is 2.05 bits per heavy atom. The van der Waals surface area contributed by atoms with Gasteiger partial charge in [-0.25, -0.2) is 13.8 Å². The van der Waals surface area contributed by atoms with E-state index in [0.717, 1.165) is 25.0 Å². The Hall–Kier alpha value is -3.83. The van der Waals surface area contributed by atoms with Crippen molar-refractivity contribution in [1.29, 1.82) is 0 Å². The third kappa shape index (κ3) is 4.04. The zero-order chi connectivity index (χ0) is 25.8. The number of rotatable bonds is 5. The van der Waals surface area contributed by atoms with E-state index in [1.807, 2.05) is 0 Å². The van der Waals surface area contributed by atoms with Crippen LogP contribution < -0.4 is 21.9 Å². The molecular formula is C26H25F2N5O4. The summed E-state index contributed by atoms with van der Waals surface area (Å²) >= 11 is 0. The molecule has 6 rings (SSSR count). The van der Waals surface area contributed by atoms with Gasteiger partial charge in [-0.1, -0.05) is 6.07 Å². The summed E-state index contributed by atoms with van der Waals surface area (Å²) in [5.74, 6) is -1.43. The minimum absolute atomic E-state index is 0.00302. The normalized spacial score (nSPS) is 18.0. The molecule has 1 amide bonds. The topological polar surface area (TPSA) is 124 Å². The van der Waals surface area contributed by atoms with E-state index in [0.29, 0.717) is 40.8 Å². The highest BCUT2D eigenvalue weighted by atomic mass is 19.1. The molecule has 3 heterocycles. The first kappa shape index (κ1) is 23.6. The van der Waals surface area contributed by atoms with E-state index in [4.69, 9.17) is 14.9 Å². The van der Waals surface area contributed by atoms with E-state index in [-0.39, 0.29) is 53.3 Å². The molecule has 2 aliphatic rings. The Labute approximate surface area is 209 Å². The summed E-state index contributed by atoms with van der Waals surface area (Å²) in [6, 6.07) is 4.94. The molecule has 1 aliphatic carbocycles. The number of carbonyl (C=O) groups excluding carboxylic acids is 1. The molecule has 0 spiro atoms. The number of nitrogens with two attached hydrogens (primary N) is 1. The third-order valence-corrected chi connectivity index (χ3v) is 6.95. The molecule has 11 heteroatoms. The molecule has 4 N–H and O–H groups in total.